The van der Waals surface area contributed by atoms with Crippen molar-refractivity contribution in [3.63, 3.8) is 0 Å². The maximum Gasteiger partial charge on any atom is 0.416 e. The SMILES string of the molecule is C[Si](C)(C)c1cc(/C=C\c2ccc(C(F)(F)F)cc2)co1. The van der Waals surface area contributed by atoms with E-state index < -0.39 is 19.8 Å². The Bertz CT molecular complexity index is 631. The number of furan rings is 1. The van der Waals surface area contributed by atoms with E-state index in [-0.39, 0.29) is 0 Å². The molecule has 0 aliphatic heterocycles. The minimum Gasteiger partial charge on any atom is -0.474 e. The van der Waals surface area contributed by atoms with Crippen molar-refractivity contribution in [1.29, 1.82) is 0 Å². The summed E-state index contributed by atoms with van der Waals surface area (Å²) in [5.74, 6) is 0. The largest absolute Gasteiger partial charge is 0.474 e. The monoisotopic (exact) mass is 310 g/mol. The van der Waals surface area contributed by atoms with Crippen molar-refractivity contribution in [3.8, 4) is 0 Å². The van der Waals surface area contributed by atoms with Crippen LogP contribution < -0.4 is 5.38 Å². The molecule has 1 aromatic heterocycles. The summed E-state index contributed by atoms with van der Waals surface area (Å²) in [4.78, 5) is 0. The molecule has 0 bridgehead atoms. The molecule has 1 nitrogen and oxygen atoms in total. The van der Waals surface area contributed by atoms with Gasteiger partial charge in [0.1, 0.15) is 8.07 Å². The molecule has 0 aliphatic carbocycles. The predicted molar refractivity (Wildman–Crippen MR) is 82.1 cm³/mol. The van der Waals surface area contributed by atoms with Crippen LogP contribution >= 0.6 is 0 Å². The van der Waals surface area contributed by atoms with Gasteiger partial charge >= 0.3 is 6.18 Å². The van der Waals surface area contributed by atoms with E-state index in [9.17, 15) is 13.2 Å². The van der Waals surface area contributed by atoms with Gasteiger partial charge in [-0.1, -0.05) is 43.9 Å². The van der Waals surface area contributed by atoms with Crippen molar-refractivity contribution in [2.75, 3.05) is 0 Å². The quantitative estimate of drug-likeness (QED) is 0.726. The Labute approximate surface area is 123 Å². The van der Waals surface area contributed by atoms with Gasteiger partial charge in [-0.3, -0.25) is 0 Å². The van der Waals surface area contributed by atoms with Gasteiger partial charge in [0.05, 0.1) is 17.2 Å². The zero-order chi connectivity index (χ0) is 15.7. The smallest absolute Gasteiger partial charge is 0.416 e. The molecule has 0 fully saturated rings. The molecule has 0 amide bonds. The zero-order valence-corrected chi connectivity index (χ0v) is 13.2. The van der Waals surface area contributed by atoms with Gasteiger partial charge in [0.2, 0.25) is 0 Å². The van der Waals surface area contributed by atoms with Crippen molar-refractivity contribution >= 4 is 25.6 Å². The maximum atomic E-state index is 12.5. The highest BCUT2D eigenvalue weighted by Gasteiger charge is 2.29. The molecule has 2 aromatic rings. The third kappa shape index (κ3) is 4.11. The first kappa shape index (κ1) is 15.6. The van der Waals surface area contributed by atoms with Gasteiger partial charge in [-0.2, -0.15) is 13.2 Å². The molecule has 21 heavy (non-hydrogen) atoms. The van der Waals surface area contributed by atoms with Crippen molar-refractivity contribution in [1.82, 2.24) is 0 Å². The first-order valence-corrected chi connectivity index (χ1v) is 10.1. The summed E-state index contributed by atoms with van der Waals surface area (Å²) in [5.41, 5.74) is 1.01. The summed E-state index contributed by atoms with van der Waals surface area (Å²) in [6.07, 6.45) is 1.00. The highest BCUT2D eigenvalue weighted by Crippen LogP contribution is 2.29. The maximum absolute atomic E-state index is 12.5. The lowest BCUT2D eigenvalue weighted by molar-refractivity contribution is -0.137. The second kappa shape index (κ2) is 5.56. The molecule has 0 radical (unpaired) electrons. The molecule has 0 unspecified atom stereocenters. The molecule has 1 heterocycles. The van der Waals surface area contributed by atoms with Crippen LogP contribution in [0.1, 0.15) is 16.7 Å². The number of benzene rings is 1. The Morgan fingerprint density at radius 1 is 0.952 bits per heavy atom. The summed E-state index contributed by atoms with van der Waals surface area (Å²) in [6.45, 7) is 6.57. The van der Waals surface area contributed by atoms with Gasteiger partial charge in [0.25, 0.3) is 0 Å². The van der Waals surface area contributed by atoms with Gasteiger partial charge in [0.15, 0.2) is 0 Å². The molecule has 0 saturated heterocycles. The summed E-state index contributed by atoms with van der Waals surface area (Å²) in [5, 5.41) is 1.01. The van der Waals surface area contributed by atoms with Gasteiger partial charge in [0, 0.05) is 5.56 Å². The Morgan fingerprint density at radius 3 is 2.00 bits per heavy atom. The fourth-order valence-corrected chi connectivity index (χ4v) is 2.82. The number of halogens is 3. The number of hydrogen-bond acceptors (Lipinski definition) is 1. The molecule has 0 atom stereocenters. The first-order chi connectivity index (χ1) is 9.66. The van der Waals surface area contributed by atoms with E-state index in [1.807, 2.05) is 12.1 Å². The minimum atomic E-state index is -4.29. The third-order valence-corrected chi connectivity index (χ3v) is 4.81. The number of hydrogen-bond donors (Lipinski definition) is 0. The van der Waals surface area contributed by atoms with Crippen LogP contribution in [0.5, 0.6) is 0 Å². The number of alkyl halides is 3. The number of rotatable bonds is 3. The molecule has 2 rings (SSSR count). The Kier molecular flexibility index (Phi) is 4.14. The van der Waals surface area contributed by atoms with Crippen molar-refractivity contribution in [3.05, 3.63) is 53.3 Å². The molecule has 1 aromatic carbocycles. The second-order valence-electron chi connectivity index (χ2n) is 5.95. The molecule has 0 N–H and O–H groups in total. The van der Waals surface area contributed by atoms with E-state index in [1.165, 1.54) is 12.1 Å². The van der Waals surface area contributed by atoms with Gasteiger partial charge in [-0.05, 0) is 23.8 Å². The molecule has 112 valence electrons. The zero-order valence-electron chi connectivity index (χ0n) is 12.2. The topological polar surface area (TPSA) is 13.1 Å². The Balaban J connectivity index is 2.13. The van der Waals surface area contributed by atoms with Crippen LogP contribution in [-0.2, 0) is 6.18 Å². The third-order valence-electron chi connectivity index (χ3n) is 3.07. The van der Waals surface area contributed by atoms with Crippen LogP contribution in [0.15, 0.2) is 41.0 Å². The lowest BCUT2D eigenvalue weighted by Gasteiger charge is -2.10. The first-order valence-electron chi connectivity index (χ1n) is 6.60. The predicted octanol–water partition coefficient (Wildman–Crippen LogP) is 5.01. The van der Waals surface area contributed by atoms with Crippen molar-refractivity contribution < 1.29 is 17.6 Å². The average Bonchev–Trinajstić information content (AvgIpc) is 2.84. The molecule has 0 spiro atoms. The van der Waals surface area contributed by atoms with E-state index in [0.717, 1.165) is 28.6 Å². The van der Waals surface area contributed by atoms with E-state index in [4.69, 9.17) is 4.42 Å². The summed E-state index contributed by atoms with van der Waals surface area (Å²) in [7, 11) is -1.47. The highest BCUT2D eigenvalue weighted by atomic mass is 28.3. The summed E-state index contributed by atoms with van der Waals surface area (Å²) >= 11 is 0. The summed E-state index contributed by atoms with van der Waals surface area (Å²) in [6, 6.07) is 7.08. The van der Waals surface area contributed by atoms with E-state index in [1.54, 1.807) is 12.3 Å². The molecule has 0 saturated carbocycles. The van der Waals surface area contributed by atoms with Gasteiger partial charge in [-0.25, -0.2) is 0 Å². The van der Waals surface area contributed by atoms with Gasteiger partial charge < -0.3 is 4.42 Å². The van der Waals surface area contributed by atoms with Crippen LogP contribution in [-0.4, -0.2) is 8.07 Å². The highest BCUT2D eigenvalue weighted by molar-refractivity contribution is 6.87. The normalized spacial score (nSPS) is 13.0. The molecule has 0 aliphatic rings. The van der Waals surface area contributed by atoms with Crippen molar-refractivity contribution in [2.45, 2.75) is 25.8 Å². The fraction of sp³-hybridized carbons (Fsp3) is 0.250. The minimum absolute atomic E-state index is 0.635. The van der Waals surface area contributed by atoms with Crippen LogP contribution in [0.25, 0.3) is 12.2 Å². The van der Waals surface area contributed by atoms with E-state index >= 15 is 0 Å². The average molecular weight is 310 g/mol. The summed E-state index contributed by atoms with van der Waals surface area (Å²) < 4.78 is 42.9. The van der Waals surface area contributed by atoms with Crippen LogP contribution in [0.3, 0.4) is 0 Å². The van der Waals surface area contributed by atoms with Crippen LogP contribution in [0, 0.1) is 0 Å². The Hall–Kier alpha value is -1.75. The fourth-order valence-electron chi connectivity index (χ4n) is 1.81. The van der Waals surface area contributed by atoms with Gasteiger partial charge in [-0.15, -0.1) is 0 Å². The van der Waals surface area contributed by atoms with Crippen LogP contribution in [0.2, 0.25) is 19.6 Å². The Morgan fingerprint density at radius 2 is 1.52 bits per heavy atom. The van der Waals surface area contributed by atoms with Crippen molar-refractivity contribution in [2.24, 2.45) is 0 Å². The van der Waals surface area contributed by atoms with Crippen LogP contribution in [0.4, 0.5) is 13.2 Å². The lowest BCUT2D eigenvalue weighted by atomic mass is 10.1. The van der Waals surface area contributed by atoms with E-state index in [2.05, 4.69) is 19.6 Å². The standard InChI is InChI=1S/C16H17F3OSi/c1-21(2,3)15-10-13(11-20-15)5-4-12-6-8-14(9-7-12)16(17,18)19/h4-11H,1-3H3/b5-4-. The molecular weight excluding hydrogens is 293 g/mol. The molecular formula is C16H17F3OSi. The second-order valence-corrected chi connectivity index (χ2v) is 10.9. The lowest BCUT2D eigenvalue weighted by Crippen LogP contribution is -2.36. The molecule has 5 heteroatoms. The van der Waals surface area contributed by atoms with E-state index in [0.29, 0.717) is 0 Å².